The molecule has 6 nitrogen and oxygen atoms in total. The maximum absolute atomic E-state index is 12.7. The summed E-state index contributed by atoms with van der Waals surface area (Å²) in [5, 5.41) is 8.61. The number of halogens is 3. The van der Waals surface area contributed by atoms with E-state index in [0.717, 1.165) is 6.07 Å². The fourth-order valence-corrected chi connectivity index (χ4v) is 1.97. The molecule has 0 bridgehead atoms. The van der Waals surface area contributed by atoms with Crippen molar-refractivity contribution in [1.29, 1.82) is 0 Å². The molecule has 1 aromatic carbocycles. The number of nitrogens with zero attached hydrogens (tertiary/aromatic N) is 4. The average Bonchev–Trinajstić information content (AvgIpc) is 2.60. The summed E-state index contributed by atoms with van der Waals surface area (Å²) in [7, 11) is 1.62. The van der Waals surface area contributed by atoms with Crippen LogP contribution in [-0.2, 0) is 11.0 Å². The second kappa shape index (κ2) is 8.04. The molecule has 0 saturated carbocycles. The number of rotatable bonds is 6. The highest BCUT2D eigenvalue weighted by atomic mass is 19.4. The third-order valence-corrected chi connectivity index (χ3v) is 3.07. The number of aromatic nitrogens is 1. The summed E-state index contributed by atoms with van der Waals surface area (Å²) >= 11 is 0. The Labute approximate surface area is 141 Å². The van der Waals surface area contributed by atoms with E-state index in [9.17, 15) is 18.0 Å². The van der Waals surface area contributed by atoms with Crippen LogP contribution in [0.25, 0.3) is 12.2 Å². The number of alkyl halides is 3. The summed E-state index contributed by atoms with van der Waals surface area (Å²) in [6.07, 6.45) is -1.02. The van der Waals surface area contributed by atoms with Crippen LogP contribution in [0.4, 0.5) is 18.9 Å². The molecular weight excluding hydrogens is 335 g/mol. The van der Waals surface area contributed by atoms with Crippen molar-refractivity contribution in [2.45, 2.75) is 6.18 Å². The van der Waals surface area contributed by atoms with Gasteiger partial charge in [0.15, 0.2) is 0 Å². The van der Waals surface area contributed by atoms with Crippen LogP contribution in [0.5, 0.6) is 0 Å². The van der Waals surface area contributed by atoms with Gasteiger partial charge in [-0.05, 0) is 40.3 Å². The minimum Gasteiger partial charge on any atom is -0.277 e. The molecule has 130 valence electrons. The molecule has 0 aliphatic rings. The van der Waals surface area contributed by atoms with Gasteiger partial charge in [-0.25, -0.2) is 15.4 Å². The fourth-order valence-electron chi connectivity index (χ4n) is 1.97. The van der Waals surface area contributed by atoms with E-state index in [0.29, 0.717) is 17.7 Å². The van der Waals surface area contributed by atoms with Crippen LogP contribution in [0, 0.1) is 0 Å². The van der Waals surface area contributed by atoms with Crippen LogP contribution >= 0.6 is 0 Å². The topological polar surface area (TPSA) is 70.0 Å². The first-order valence-electron chi connectivity index (χ1n) is 7.07. The number of nitrogens with one attached hydrogen (secondary N) is 1. The van der Waals surface area contributed by atoms with Gasteiger partial charge in [-0.15, -0.1) is 0 Å². The minimum atomic E-state index is -4.49. The largest absolute Gasteiger partial charge is 0.433 e. The van der Waals surface area contributed by atoms with Gasteiger partial charge in [0.2, 0.25) is 6.41 Å². The lowest BCUT2D eigenvalue weighted by molar-refractivity contribution is -0.141. The number of benzene rings is 1. The van der Waals surface area contributed by atoms with Crippen molar-refractivity contribution in [3.63, 3.8) is 0 Å². The lowest BCUT2D eigenvalue weighted by Gasteiger charge is -2.13. The Balaban J connectivity index is 2.26. The van der Waals surface area contributed by atoms with E-state index in [1.807, 2.05) is 5.43 Å². The van der Waals surface area contributed by atoms with Gasteiger partial charge in [0.1, 0.15) is 5.69 Å². The quantitative estimate of drug-likeness (QED) is 0.491. The normalized spacial score (nSPS) is 11.8. The Morgan fingerprint density at radius 3 is 2.60 bits per heavy atom. The van der Waals surface area contributed by atoms with E-state index in [1.165, 1.54) is 23.2 Å². The maximum Gasteiger partial charge on any atom is 0.433 e. The molecule has 9 heteroatoms. The molecule has 0 aliphatic carbocycles. The summed E-state index contributed by atoms with van der Waals surface area (Å²) in [6.45, 7) is 0. The van der Waals surface area contributed by atoms with Crippen molar-refractivity contribution >= 4 is 24.2 Å². The summed E-state index contributed by atoms with van der Waals surface area (Å²) in [5.74, 6) is 0. The van der Waals surface area contributed by atoms with Crippen molar-refractivity contribution in [1.82, 2.24) is 10.4 Å². The predicted molar refractivity (Wildman–Crippen MR) is 87.1 cm³/mol. The number of para-hydroxylation sites is 1. The zero-order chi connectivity index (χ0) is 18.3. The fraction of sp³-hybridized carbons (Fsp3) is 0.125. The Hall–Kier alpha value is -3.23. The van der Waals surface area contributed by atoms with Crippen LogP contribution in [0.15, 0.2) is 52.9 Å². The smallest absolute Gasteiger partial charge is 0.277 e. The first-order valence-corrected chi connectivity index (χ1v) is 7.07. The predicted octanol–water partition coefficient (Wildman–Crippen LogP) is 3.74. The monoisotopic (exact) mass is 349 g/mol. The van der Waals surface area contributed by atoms with Gasteiger partial charge < -0.3 is 0 Å². The zero-order valence-electron chi connectivity index (χ0n) is 13.1. The molecule has 1 amide bonds. The number of pyridine rings is 1. The van der Waals surface area contributed by atoms with Gasteiger partial charge in [0.05, 0.1) is 11.4 Å². The van der Waals surface area contributed by atoms with Gasteiger partial charge in [-0.2, -0.15) is 13.2 Å². The van der Waals surface area contributed by atoms with E-state index >= 15 is 0 Å². The second-order valence-corrected chi connectivity index (χ2v) is 4.80. The Morgan fingerprint density at radius 2 is 1.88 bits per heavy atom. The lowest BCUT2D eigenvalue weighted by atomic mass is 10.1. The molecule has 1 heterocycles. The zero-order valence-corrected chi connectivity index (χ0v) is 13.1. The van der Waals surface area contributed by atoms with Gasteiger partial charge in [0, 0.05) is 7.05 Å². The Morgan fingerprint density at radius 1 is 1.12 bits per heavy atom. The molecule has 2 aromatic rings. The summed E-state index contributed by atoms with van der Waals surface area (Å²) < 4.78 is 38.1. The van der Waals surface area contributed by atoms with E-state index < -0.39 is 11.9 Å². The molecule has 0 fully saturated rings. The standard InChI is InChI=1S/C16H14F3N5O/c1-24(23-22-20-11-25)14-7-3-2-5-12(14)9-10-13-6-4-8-15(21-13)16(17,18)19/h2-11H,1H3,(H,20,23,25)/b10-9+. The molecule has 0 saturated heterocycles. The van der Waals surface area contributed by atoms with Crippen LogP contribution in [-0.4, -0.2) is 18.4 Å². The summed E-state index contributed by atoms with van der Waals surface area (Å²) in [5.41, 5.74) is 2.61. The molecule has 0 radical (unpaired) electrons. The van der Waals surface area contributed by atoms with E-state index in [-0.39, 0.29) is 5.69 Å². The third kappa shape index (κ3) is 5.13. The van der Waals surface area contributed by atoms with Crippen molar-refractivity contribution in [3.05, 3.63) is 59.4 Å². The molecule has 0 aliphatic heterocycles. The maximum atomic E-state index is 12.7. The molecule has 25 heavy (non-hydrogen) atoms. The number of carbonyl (C=O) groups is 1. The van der Waals surface area contributed by atoms with Gasteiger partial charge in [0.25, 0.3) is 0 Å². The van der Waals surface area contributed by atoms with Crippen molar-refractivity contribution in [3.8, 4) is 0 Å². The number of hydrogen-bond acceptors (Lipinski definition) is 4. The second-order valence-electron chi connectivity index (χ2n) is 4.80. The van der Waals surface area contributed by atoms with Crippen molar-refractivity contribution in [2.24, 2.45) is 10.4 Å². The third-order valence-electron chi connectivity index (χ3n) is 3.07. The molecule has 1 aromatic heterocycles. The van der Waals surface area contributed by atoms with Gasteiger partial charge in [-0.3, -0.25) is 4.79 Å². The number of carbonyl (C=O) groups excluding carboxylic acids is 1. The van der Waals surface area contributed by atoms with Crippen LogP contribution in [0.2, 0.25) is 0 Å². The first-order chi connectivity index (χ1) is 11.9. The summed E-state index contributed by atoms with van der Waals surface area (Å²) in [4.78, 5) is 13.7. The van der Waals surface area contributed by atoms with E-state index in [1.54, 1.807) is 37.4 Å². The highest BCUT2D eigenvalue weighted by Crippen LogP contribution is 2.28. The lowest BCUT2D eigenvalue weighted by Crippen LogP contribution is -2.11. The average molecular weight is 349 g/mol. The summed E-state index contributed by atoms with van der Waals surface area (Å²) in [6, 6.07) is 10.8. The van der Waals surface area contributed by atoms with E-state index in [2.05, 4.69) is 15.4 Å². The Bertz CT molecular complexity index is 789. The Kier molecular flexibility index (Phi) is 5.83. The number of anilines is 1. The molecule has 0 unspecified atom stereocenters. The van der Waals surface area contributed by atoms with Gasteiger partial charge in [-0.1, -0.05) is 30.3 Å². The highest BCUT2D eigenvalue weighted by Gasteiger charge is 2.32. The van der Waals surface area contributed by atoms with Crippen LogP contribution in [0.1, 0.15) is 17.0 Å². The number of amides is 1. The van der Waals surface area contributed by atoms with Crippen molar-refractivity contribution in [2.75, 3.05) is 12.1 Å². The minimum absolute atomic E-state index is 0.177. The van der Waals surface area contributed by atoms with E-state index in [4.69, 9.17) is 0 Å². The number of hydrogen-bond donors (Lipinski definition) is 1. The molecule has 2 rings (SSSR count). The SMILES string of the molecule is CN(/N=N\NC=O)c1ccccc1/C=C/c1cccc(C(F)(F)F)n1. The molecule has 0 atom stereocenters. The van der Waals surface area contributed by atoms with Crippen molar-refractivity contribution < 1.29 is 18.0 Å². The molecule has 1 N–H and O–H groups in total. The molecule has 0 spiro atoms. The molecular formula is C16H14F3N5O. The van der Waals surface area contributed by atoms with Gasteiger partial charge >= 0.3 is 6.18 Å². The first kappa shape index (κ1) is 18.1. The highest BCUT2D eigenvalue weighted by molar-refractivity contribution is 5.76. The van der Waals surface area contributed by atoms with Crippen LogP contribution in [0.3, 0.4) is 0 Å². The van der Waals surface area contributed by atoms with Crippen LogP contribution < -0.4 is 10.4 Å².